The van der Waals surface area contributed by atoms with E-state index in [4.69, 9.17) is 35.6 Å². The van der Waals surface area contributed by atoms with E-state index in [0.717, 1.165) is 58.5 Å². The number of hydrogen-bond acceptors (Lipinski definition) is 10. The summed E-state index contributed by atoms with van der Waals surface area (Å²) in [5.74, 6) is 3.62. The molecule has 2 aromatic heterocycles. The summed E-state index contributed by atoms with van der Waals surface area (Å²) < 4.78 is 50.5. The van der Waals surface area contributed by atoms with Crippen molar-refractivity contribution in [3.8, 4) is 41.2 Å². The lowest BCUT2D eigenvalue weighted by Crippen LogP contribution is -2.49. The minimum atomic E-state index is -0.908. The molecule has 2 bridgehead atoms. The molecule has 0 radical (unpaired) electrons. The molecule has 7 aliphatic heterocycles. The van der Waals surface area contributed by atoms with Gasteiger partial charge < -0.3 is 24.2 Å². The number of rotatable bonds is 6. The molecule has 264 valence electrons. The number of hydrogen-bond donors (Lipinski definition) is 1. The van der Waals surface area contributed by atoms with Crippen LogP contribution >= 0.6 is 0 Å². The van der Waals surface area contributed by atoms with Crippen LogP contribution in [-0.2, 0) is 4.74 Å². The van der Waals surface area contributed by atoms with Crippen LogP contribution in [0, 0.1) is 30.0 Å². The van der Waals surface area contributed by atoms with Crippen LogP contribution in [0.3, 0.4) is 0 Å². The molecule has 6 fully saturated rings. The number of pyridine rings is 1. The van der Waals surface area contributed by atoms with Crippen LogP contribution in [0.1, 0.15) is 37.7 Å². The zero-order chi connectivity index (χ0) is 34.4. The van der Waals surface area contributed by atoms with Crippen molar-refractivity contribution in [2.45, 2.75) is 55.9 Å². The van der Waals surface area contributed by atoms with Gasteiger partial charge in [-0.1, -0.05) is 18.1 Å². The van der Waals surface area contributed by atoms with E-state index in [2.05, 4.69) is 20.6 Å². The van der Waals surface area contributed by atoms with Gasteiger partial charge in [-0.2, -0.15) is 9.97 Å². The van der Waals surface area contributed by atoms with Gasteiger partial charge >= 0.3 is 6.01 Å². The Hall–Kier alpha value is -4.31. The number of phenols is 1. The molecular weight excluding hydrogens is 654 g/mol. The number of terminal acetylenes is 1. The monoisotopic (exact) mass is 694 g/mol. The molecule has 0 aliphatic carbocycles. The summed E-state index contributed by atoms with van der Waals surface area (Å²) in [4.78, 5) is 21.7. The lowest BCUT2D eigenvalue weighted by Gasteiger charge is -2.40. The number of aromatic hydroxyl groups is 1. The molecule has 0 amide bonds. The maximum Gasteiger partial charge on any atom is 0.319 e. The van der Waals surface area contributed by atoms with Crippen molar-refractivity contribution in [1.82, 2.24) is 24.8 Å². The molecule has 11 rings (SSSR count). The van der Waals surface area contributed by atoms with E-state index in [-0.39, 0.29) is 41.5 Å². The average molecular weight is 695 g/mol. The summed E-state index contributed by atoms with van der Waals surface area (Å²) in [5.41, 5.74) is 0.467. The summed E-state index contributed by atoms with van der Waals surface area (Å²) in [6.45, 7) is 6.05. The fraction of sp³-hybridized carbons (Fsp3) is 0.513. The smallest absolute Gasteiger partial charge is 0.319 e. The second-order valence-corrected chi connectivity index (χ2v) is 15.4. The highest BCUT2D eigenvalue weighted by molar-refractivity contribution is 6.04. The number of benzene rings is 2. The van der Waals surface area contributed by atoms with Crippen molar-refractivity contribution in [2.24, 2.45) is 11.8 Å². The van der Waals surface area contributed by atoms with E-state index in [1.54, 1.807) is 18.2 Å². The Morgan fingerprint density at radius 2 is 1.98 bits per heavy atom. The number of anilines is 1. The SMILES string of the molecule is C#Cc1cccc2cc(O)cc(-c3nc4c5c(nc(OC[C@@]67CCCN6C[C@H](F)C7)nc5c3F)N3C[C@H]5CC[C@H](CN5CC5COC5)[C@H]3CO4)c12. The predicted octanol–water partition coefficient (Wildman–Crippen LogP) is 4.93. The topological polar surface area (TPSA) is 96.3 Å². The predicted molar refractivity (Wildman–Crippen MR) is 187 cm³/mol. The lowest BCUT2D eigenvalue weighted by molar-refractivity contribution is -0.0564. The van der Waals surface area contributed by atoms with Crippen molar-refractivity contribution in [1.29, 1.82) is 0 Å². The maximum absolute atomic E-state index is 17.3. The molecule has 12 heteroatoms. The van der Waals surface area contributed by atoms with Crippen LogP contribution in [-0.4, -0.2) is 113 Å². The third-order valence-electron chi connectivity index (χ3n) is 12.4. The van der Waals surface area contributed by atoms with Gasteiger partial charge in [-0.3, -0.25) is 9.80 Å². The minimum absolute atomic E-state index is 0.0232. The van der Waals surface area contributed by atoms with E-state index in [9.17, 15) is 9.50 Å². The lowest BCUT2D eigenvalue weighted by atomic mass is 9.89. The van der Waals surface area contributed by atoms with Crippen LogP contribution in [0.2, 0.25) is 0 Å². The first-order valence-electron chi connectivity index (χ1n) is 18.2. The Kier molecular flexibility index (Phi) is 7.31. The Morgan fingerprint density at radius 1 is 1.08 bits per heavy atom. The fourth-order valence-corrected chi connectivity index (χ4v) is 9.87. The molecule has 1 N–H and O–H groups in total. The summed E-state index contributed by atoms with van der Waals surface area (Å²) in [6, 6.07) is 8.82. The number of aromatic nitrogens is 3. The summed E-state index contributed by atoms with van der Waals surface area (Å²) >= 11 is 0. The van der Waals surface area contributed by atoms with Crippen molar-refractivity contribution in [3.63, 3.8) is 0 Å². The van der Waals surface area contributed by atoms with Gasteiger partial charge in [-0.15, -0.1) is 6.42 Å². The van der Waals surface area contributed by atoms with E-state index < -0.39 is 17.5 Å². The Bertz CT molecular complexity index is 2110. The highest BCUT2D eigenvalue weighted by atomic mass is 19.1. The maximum atomic E-state index is 17.3. The second-order valence-electron chi connectivity index (χ2n) is 15.4. The molecule has 0 saturated carbocycles. The van der Waals surface area contributed by atoms with Crippen LogP contribution < -0.4 is 14.4 Å². The van der Waals surface area contributed by atoms with Crippen LogP contribution in [0.5, 0.6) is 17.6 Å². The standard InChI is InChI=1S/C39H40F2N6O4/c1-2-23-5-3-6-24-11-28(48)12-29(31(23)24)34-33(41)35-32-36(44-38(43-35)51-21-39-9-4-10-46(39)16-26(40)13-39)47-17-27-8-7-25(30(47)20-50-37(32)42-34)15-45(27)14-22-18-49-19-22/h1,3,5-6,11-12,22,25-27,30,48H,4,7-10,13-21H2/t25-,26-,27-,30-,39+/m1/s1. The number of nitrogens with zero attached hydrogens (tertiary/aromatic N) is 6. The molecule has 10 nitrogen and oxygen atoms in total. The quantitative estimate of drug-likeness (QED) is 0.280. The molecule has 4 aromatic rings. The zero-order valence-electron chi connectivity index (χ0n) is 28.4. The minimum Gasteiger partial charge on any atom is -0.508 e. The highest BCUT2D eigenvalue weighted by Crippen LogP contribution is 2.46. The first-order chi connectivity index (χ1) is 24.9. The van der Waals surface area contributed by atoms with Crippen molar-refractivity contribution in [3.05, 3.63) is 41.7 Å². The van der Waals surface area contributed by atoms with Gasteiger partial charge in [0.2, 0.25) is 5.88 Å². The number of fused-ring (bicyclic) bond motifs is 4. The van der Waals surface area contributed by atoms with Crippen molar-refractivity contribution in [2.75, 3.05) is 64.1 Å². The molecule has 0 spiro atoms. The molecule has 0 unspecified atom stereocenters. The third kappa shape index (κ3) is 5.03. The third-order valence-corrected chi connectivity index (χ3v) is 12.4. The zero-order valence-corrected chi connectivity index (χ0v) is 28.4. The Balaban J connectivity index is 1.13. The molecular formula is C39H40F2N6O4. The number of ether oxygens (including phenoxy) is 3. The van der Waals surface area contributed by atoms with Crippen LogP contribution in [0.25, 0.3) is 32.9 Å². The van der Waals surface area contributed by atoms with Gasteiger partial charge in [0.05, 0.1) is 24.8 Å². The number of alkyl halides is 1. The molecule has 51 heavy (non-hydrogen) atoms. The summed E-state index contributed by atoms with van der Waals surface area (Å²) in [7, 11) is 0. The second kappa shape index (κ2) is 11.9. The normalized spacial score (nSPS) is 28.9. The molecule has 7 aliphatic rings. The number of halogens is 2. The van der Waals surface area contributed by atoms with Gasteiger partial charge in [0.25, 0.3) is 0 Å². The van der Waals surface area contributed by atoms with E-state index in [1.807, 2.05) is 6.07 Å². The molecule has 2 aromatic carbocycles. The van der Waals surface area contributed by atoms with Gasteiger partial charge in [-0.25, -0.2) is 13.8 Å². The Labute approximate surface area is 294 Å². The molecule has 5 atom stereocenters. The number of piperidine rings is 1. The molecule has 6 saturated heterocycles. The van der Waals surface area contributed by atoms with E-state index >= 15 is 4.39 Å². The Morgan fingerprint density at radius 3 is 2.82 bits per heavy atom. The van der Waals surface area contributed by atoms with Gasteiger partial charge in [0, 0.05) is 61.1 Å². The first-order valence-corrected chi connectivity index (χ1v) is 18.2. The molecule has 9 heterocycles. The van der Waals surface area contributed by atoms with Crippen LogP contribution in [0.4, 0.5) is 14.6 Å². The summed E-state index contributed by atoms with van der Waals surface area (Å²) in [6.07, 6.45) is 9.32. The summed E-state index contributed by atoms with van der Waals surface area (Å²) in [5, 5.41) is 12.4. The average Bonchev–Trinajstić information content (AvgIpc) is 3.45. The fourth-order valence-electron chi connectivity index (χ4n) is 9.87. The van der Waals surface area contributed by atoms with Crippen molar-refractivity contribution >= 4 is 27.5 Å². The van der Waals surface area contributed by atoms with E-state index in [1.165, 1.54) is 6.07 Å². The van der Waals surface area contributed by atoms with Crippen LogP contribution in [0.15, 0.2) is 30.3 Å². The first kappa shape index (κ1) is 31.4. The highest BCUT2D eigenvalue weighted by Gasteiger charge is 2.50. The van der Waals surface area contributed by atoms with Gasteiger partial charge in [0.15, 0.2) is 5.82 Å². The van der Waals surface area contributed by atoms with Gasteiger partial charge in [0.1, 0.15) is 47.5 Å². The van der Waals surface area contributed by atoms with E-state index in [0.29, 0.717) is 77.1 Å². The number of phenolic OH excluding ortho intramolecular Hbond substituents is 1. The van der Waals surface area contributed by atoms with Crippen molar-refractivity contribution < 1.29 is 28.1 Å². The largest absolute Gasteiger partial charge is 0.508 e. The van der Waals surface area contributed by atoms with Gasteiger partial charge in [-0.05, 0) is 61.7 Å².